The second-order valence-corrected chi connectivity index (χ2v) is 6.24. The second kappa shape index (κ2) is 11.6. The molecule has 26 heavy (non-hydrogen) atoms. The highest BCUT2D eigenvalue weighted by Gasteiger charge is 2.23. The summed E-state index contributed by atoms with van der Waals surface area (Å²) >= 11 is 0. The second-order valence-electron chi connectivity index (χ2n) is 6.24. The fraction of sp³-hybridized carbons (Fsp3) is 0.556. The molecule has 1 aromatic carbocycles. The van der Waals surface area contributed by atoms with Gasteiger partial charge in [-0.1, -0.05) is 30.3 Å². The Morgan fingerprint density at radius 2 is 1.73 bits per heavy atom. The number of aliphatic hydroxyl groups excluding tert-OH is 1. The molecule has 5 N–H and O–H groups in total. The van der Waals surface area contributed by atoms with Gasteiger partial charge in [-0.2, -0.15) is 0 Å². The van der Waals surface area contributed by atoms with E-state index >= 15 is 0 Å². The van der Waals surface area contributed by atoms with Crippen LogP contribution in [0.1, 0.15) is 19.4 Å². The molecule has 0 heterocycles. The zero-order valence-electron chi connectivity index (χ0n) is 15.1. The van der Waals surface area contributed by atoms with Gasteiger partial charge in [0.1, 0.15) is 0 Å². The topological polar surface area (TPSA) is 131 Å². The Morgan fingerprint density at radius 1 is 1.12 bits per heavy atom. The molecule has 0 radical (unpaired) electrons. The Balaban J connectivity index is 2.47. The highest BCUT2D eigenvalue weighted by atomic mass is 16.5. The molecule has 1 aromatic rings. The molecular weight excluding hydrogens is 340 g/mol. The van der Waals surface area contributed by atoms with Crippen molar-refractivity contribution in [3.05, 3.63) is 35.9 Å². The van der Waals surface area contributed by atoms with E-state index in [0.29, 0.717) is 0 Å². The van der Waals surface area contributed by atoms with Crippen molar-refractivity contribution in [2.45, 2.75) is 44.6 Å². The summed E-state index contributed by atoms with van der Waals surface area (Å²) in [5.41, 5.74) is 6.40. The average Bonchev–Trinajstić information content (AvgIpc) is 2.59. The Labute approximate surface area is 153 Å². The number of benzene rings is 1. The van der Waals surface area contributed by atoms with Crippen molar-refractivity contribution in [1.82, 2.24) is 5.32 Å². The van der Waals surface area contributed by atoms with Crippen LogP contribution in [0.4, 0.5) is 0 Å². The summed E-state index contributed by atoms with van der Waals surface area (Å²) in [6.45, 7) is 3.08. The molecule has 0 aliphatic heterocycles. The molecule has 1 rings (SSSR count). The van der Waals surface area contributed by atoms with Gasteiger partial charge in [0.25, 0.3) is 5.91 Å². The van der Waals surface area contributed by atoms with E-state index in [2.05, 4.69) is 5.32 Å². The number of aliphatic hydroxyl groups is 1. The summed E-state index contributed by atoms with van der Waals surface area (Å²) in [5, 5.41) is 21.2. The number of nitrogens with two attached hydrogens (primary N) is 1. The van der Waals surface area contributed by atoms with E-state index in [9.17, 15) is 19.8 Å². The Hall–Kier alpha value is -2.00. The van der Waals surface area contributed by atoms with E-state index in [1.54, 1.807) is 13.8 Å². The van der Waals surface area contributed by atoms with Crippen molar-refractivity contribution in [2.24, 2.45) is 5.73 Å². The van der Waals surface area contributed by atoms with Crippen molar-refractivity contribution >= 4 is 11.9 Å². The maximum absolute atomic E-state index is 12.1. The van der Waals surface area contributed by atoms with Crippen molar-refractivity contribution in [2.75, 3.05) is 19.8 Å². The Morgan fingerprint density at radius 3 is 2.27 bits per heavy atom. The molecule has 0 aliphatic rings. The fourth-order valence-corrected chi connectivity index (χ4v) is 2.16. The maximum Gasteiger partial charge on any atom is 0.333 e. The van der Waals surface area contributed by atoms with Crippen molar-refractivity contribution < 1.29 is 29.3 Å². The largest absolute Gasteiger partial charge is 0.479 e. The van der Waals surface area contributed by atoms with Crippen LogP contribution in [0, 0.1) is 0 Å². The molecule has 8 heteroatoms. The van der Waals surface area contributed by atoms with E-state index in [1.807, 2.05) is 30.3 Å². The minimum Gasteiger partial charge on any atom is -0.479 e. The molecule has 0 saturated carbocycles. The maximum atomic E-state index is 12.1. The first-order chi connectivity index (χ1) is 12.3. The van der Waals surface area contributed by atoms with Gasteiger partial charge >= 0.3 is 5.97 Å². The summed E-state index contributed by atoms with van der Waals surface area (Å²) < 4.78 is 10.7. The first-order valence-corrected chi connectivity index (χ1v) is 8.50. The van der Waals surface area contributed by atoms with Crippen LogP contribution in [0.5, 0.6) is 0 Å². The summed E-state index contributed by atoms with van der Waals surface area (Å²) in [4.78, 5) is 23.4. The van der Waals surface area contributed by atoms with Crippen molar-refractivity contribution in [1.29, 1.82) is 0 Å². The number of carboxylic acid groups (broad SMARTS) is 1. The van der Waals surface area contributed by atoms with Crippen LogP contribution in [0.3, 0.4) is 0 Å². The van der Waals surface area contributed by atoms with Gasteiger partial charge in [0.2, 0.25) is 0 Å². The van der Waals surface area contributed by atoms with Gasteiger partial charge in [0, 0.05) is 18.5 Å². The molecule has 2 unspecified atom stereocenters. The van der Waals surface area contributed by atoms with Crippen molar-refractivity contribution in [3.63, 3.8) is 0 Å². The van der Waals surface area contributed by atoms with Crippen LogP contribution in [-0.4, -0.2) is 66.2 Å². The molecule has 4 atom stereocenters. The van der Waals surface area contributed by atoms with Gasteiger partial charge in [-0.25, -0.2) is 4.79 Å². The predicted molar refractivity (Wildman–Crippen MR) is 95.6 cm³/mol. The monoisotopic (exact) mass is 368 g/mol. The lowest BCUT2D eigenvalue weighted by Crippen LogP contribution is -2.46. The SMILES string of the molecule is CC(N)CO[C@@H](CO)C(=O)NC(C)CO[C@@H](Cc1ccccc1)C(=O)O. The fourth-order valence-electron chi connectivity index (χ4n) is 2.16. The van der Waals surface area contributed by atoms with Crippen LogP contribution in [0.25, 0.3) is 0 Å². The molecule has 0 aliphatic carbocycles. The highest BCUT2D eigenvalue weighted by molar-refractivity contribution is 5.81. The minimum absolute atomic E-state index is 0.0149. The molecule has 0 bridgehead atoms. The van der Waals surface area contributed by atoms with Gasteiger partial charge in [-0.05, 0) is 19.4 Å². The third kappa shape index (κ3) is 8.39. The molecule has 0 saturated heterocycles. The van der Waals surface area contributed by atoms with Crippen LogP contribution in [0.2, 0.25) is 0 Å². The number of rotatable bonds is 12. The summed E-state index contributed by atoms with van der Waals surface area (Å²) in [6.07, 6.45) is -1.81. The number of ether oxygens (including phenoxy) is 2. The van der Waals surface area contributed by atoms with E-state index in [-0.39, 0.29) is 25.7 Å². The Kier molecular flexibility index (Phi) is 9.82. The van der Waals surface area contributed by atoms with Gasteiger partial charge in [-0.15, -0.1) is 0 Å². The van der Waals surface area contributed by atoms with Crippen LogP contribution in [-0.2, 0) is 25.5 Å². The average molecular weight is 368 g/mol. The lowest BCUT2D eigenvalue weighted by Gasteiger charge is -2.21. The zero-order chi connectivity index (χ0) is 19.5. The molecule has 0 spiro atoms. The lowest BCUT2D eigenvalue weighted by atomic mass is 10.1. The number of carbonyl (C=O) groups excluding carboxylic acids is 1. The minimum atomic E-state index is -1.07. The van der Waals surface area contributed by atoms with E-state index < -0.39 is 36.7 Å². The lowest BCUT2D eigenvalue weighted by molar-refractivity contribution is -0.150. The highest BCUT2D eigenvalue weighted by Crippen LogP contribution is 2.07. The standard InChI is InChI=1S/C18H28N2O6/c1-12(19)10-25-16(9-21)17(22)20-13(2)11-26-15(18(23)24)8-14-6-4-3-5-7-14/h3-7,12-13,15-16,21H,8-11,19H2,1-2H3,(H,20,22)(H,23,24)/t12?,13?,15-,16-/m0/s1. The summed E-state index contributed by atoms with van der Waals surface area (Å²) in [7, 11) is 0. The Bertz CT molecular complexity index is 552. The molecular formula is C18H28N2O6. The molecule has 146 valence electrons. The third-order valence-electron chi connectivity index (χ3n) is 3.49. The third-order valence-corrected chi connectivity index (χ3v) is 3.49. The summed E-state index contributed by atoms with van der Waals surface area (Å²) in [5.74, 6) is -1.57. The quantitative estimate of drug-likeness (QED) is 0.406. The van der Waals surface area contributed by atoms with Gasteiger partial charge in [-0.3, -0.25) is 4.79 Å². The number of aliphatic carboxylic acids is 1. The van der Waals surface area contributed by atoms with Crippen LogP contribution in [0.15, 0.2) is 30.3 Å². The normalized spacial score (nSPS) is 15.7. The zero-order valence-corrected chi connectivity index (χ0v) is 15.1. The number of hydrogen-bond acceptors (Lipinski definition) is 6. The first kappa shape index (κ1) is 22.0. The molecule has 0 fully saturated rings. The predicted octanol–water partition coefficient (Wildman–Crippen LogP) is -0.0717. The molecule has 8 nitrogen and oxygen atoms in total. The van der Waals surface area contributed by atoms with Crippen LogP contribution >= 0.6 is 0 Å². The smallest absolute Gasteiger partial charge is 0.333 e. The number of carbonyl (C=O) groups is 2. The number of hydrogen-bond donors (Lipinski definition) is 4. The van der Waals surface area contributed by atoms with Gasteiger partial charge < -0.3 is 30.7 Å². The number of amides is 1. The van der Waals surface area contributed by atoms with E-state index in [1.165, 1.54) is 0 Å². The van der Waals surface area contributed by atoms with Crippen LogP contribution < -0.4 is 11.1 Å². The van der Waals surface area contributed by atoms with Gasteiger partial charge in [0.05, 0.1) is 19.8 Å². The summed E-state index contributed by atoms with van der Waals surface area (Å²) in [6, 6.07) is 8.45. The molecule has 1 amide bonds. The van der Waals surface area contributed by atoms with Gasteiger partial charge in [0.15, 0.2) is 12.2 Å². The number of nitrogens with one attached hydrogen (secondary N) is 1. The number of carboxylic acids is 1. The van der Waals surface area contributed by atoms with E-state index in [0.717, 1.165) is 5.56 Å². The van der Waals surface area contributed by atoms with E-state index in [4.69, 9.17) is 15.2 Å². The first-order valence-electron chi connectivity index (χ1n) is 8.50. The molecule has 0 aromatic heterocycles. The van der Waals surface area contributed by atoms with Crippen molar-refractivity contribution in [3.8, 4) is 0 Å².